The van der Waals surface area contributed by atoms with E-state index >= 15 is 0 Å². The van der Waals surface area contributed by atoms with Gasteiger partial charge in [0.25, 0.3) is 0 Å². The Hall–Kier alpha value is -0.740. The van der Waals surface area contributed by atoms with Gasteiger partial charge in [-0.15, -0.1) is 11.3 Å². The molecule has 0 fully saturated rings. The number of halogens is 2. The molecule has 2 aromatic rings. The number of rotatable bonds is 7. The van der Waals surface area contributed by atoms with E-state index in [2.05, 4.69) is 16.8 Å². The minimum Gasteiger partial charge on any atom is -0.483 e. The van der Waals surface area contributed by atoms with E-state index in [9.17, 15) is 0 Å². The Morgan fingerprint density at radius 2 is 2.15 bits per heavy atom. The monoisotopic (exact) mass is 329 g/mol. The summed E-state index contributed by atoms with van der Waals surface area (Å²) >= 11 is 13.9. The molecule has 0 radical (unpaired) electrons. The van der Waals surface area contributed by atoms with Crippen molar-refractivity contribution in [3.8, 4) is 5.75 Å². The fourth-order valence-electron chi connectivity index (χ4n) is 1.92. The van der Waals surface area contributed by atoms with Crippen LogP contribution in [0.5, 0.6) is 5.75 Å². The van der Waals surface area contributed by atoms with Crippen molar-refractivity contribution in [2.75, 3.05) is 13.6 Å². The fraction of sp³-hybridized carbons (Fsp3) is 0.333. The van der Waals surface area contributed by atoms with E-state index in [1.807, 2.05) is 13.1 Å². The minimum atomic E-state index is 0.0133. The molecule has 1 aromatic heterocycles. The number of hydrogen-bond donors (Lipinski definition) is 1. The molecular formula is C15H17Cl2NOS. The molecule has 108 valence electrons. The smallest absolute Gasteiger partial charge is 0.140 e. The Morgan fingerprint density at radius 1 is 1.30 bits per heavy atom. The van der Waals surface area contributed by atoms with Gasteiger partial charge in [-0.05, 0) is 50.0 Å². The SMILES string of the molecule is CNCCCC(Oc1cc(Cl)ccc1Cl)c1cccs1. The van der Waals surface area contributed by atoms with Crippen molar-refractivity contribution in [1.29, 1.82) is 0 Å². The molecule has 0 saturated heterocycles. The van der Waals surface area contributed by atoms with Gasteiger partial charge in [0.1, 0.15) is 11.9 Å². The molecule has 0 spiro atoms. The molecule has 0 saturated carbocycles. The van der Waals surface area contributed by atoms with E-state index in [1.165, 1.54) is 4.88 Å². The Labute approximate surface area is 133 Å². The number of ether oxygens (including phenoxy) is 1. The van der Waals surface area contributed by atoms with Crippen LogP contribution in [-0.4, -0.2) is 13.6 Å². The van der Waals surface area contributed by atoms with Gasteiger partial charge in [0.15, 0.2) is 0 Å². The van der Waals surface area contributed by atoms with Gasteiger partial charge in [0.2, 0.25) is 0 Å². The second-order valence-electron chi connectivity index (χ2n) is 4.44. The summed E-state index contributed by atoms with van der Waals surface area (Å²) in [5.41, 5.74) is 0. The Bertz CT molecular complexity index is 531. The number of thiophene rings is 1. The van der Waals surface area contributed by atoms with Gasteiger partial charge in [0.05, 0.1) is 5.02 Å². The molecule has 0 aliphatic heterocycles. The van der Waals surface area contributed by atoms with E-state index in [-0.39, 0.29) is 6.10 Å². The summed E-state index contributed by atoms with van der Waals surface area (Å²) < 4.78 is 6.08. The van der Waals surface area contributed by atoms with E-state index in [0.717, 1.165) is 19.4 Å². The van der Waals surface area contributed by atoms with E-state index in [0.29, 0.717) is 15.8 Å². The molecule has 20 heavy (non-hydrogen) atoms. The number of nitrogens with one attached hydrogen (secondary N) is 1. The summed E-state index contributed by atoms with van der Waals surface area (Å²) in [7, 11) is 1.95. The molecule has 1 unspecified atom stereocenters. The van der Waals surface area contributed by atoms with Crippen LogP contribution in [0.25, 0.3) is 0 Å². The zero-order chi connectivity index (χ0) is 14.4. The maximum absolute atomic E-state index is 6.17. The molecule has 0 bridgehead atoms. The molecule has 2 nitrogen and oxygen atoms in total. The lowest BCUT2D eigenvalue weighted by atomic mass is 10.1. The lowest BCUT2D eigenvalue weighted by Gasteiger charge is -2.19. The molecule has 1 aromatic carbocycles. The summed E-state index contributed by atoms with van der Waals surface area (Å²) in [6.07, 6.45) is 1.99. The van der Waals surface area contributed by atoms with E-state index in [4.69, 9.17) is 27.9 Å². The zero-order valence-electron chi connectivity index (χ0n) is 11.2. The lowest BCUT2D eigenvalue weighted by molar-refractivity contribution is 0.195. The van der Waals surface area contributed by atoms with Crippen molar-refractivity contribution >= 4 is 34.5 Å². The number of hydrogen-bond acceptors (Lipinski definition) is 3. The van der Waals surface area contributed by atoms with Crippen molar-refractivity contribution in [1.82, 2.24) is 5.32 Å². The molecule has 0 amide bonds. The molecule has 0 aliphatic carbocycles. The van der Waals surface area contributed by atoms with Crippen LogP contribution in [0.1, 0.15) is 23.8 Å². The summed E-state index contributed by atoms with van der Waals surface area (Å²) in [6, 6.07) is 9.42. The number of benzene rings is 1. The maximum atomic E-state index is 6.17. The fourth-order valence-corrected chi connectivity index (χ4v) is 3.03. The van der Waals surface area contributed by atoms with Crippen molar-refractivity contribution in [2.45, 2.75) is 18.9 Å². The molecule has 1 atom stereocenters. The summed E-state index contributed by atoms with van der Waals surface area (Å²) in [5, 5.41) is 6.43. The van der Waals surface area contributed by atoms with Crippen molar-refractivity contribution in [3.63, 3.8) is 0 Å². The molecule has 5 heteroatoms. The zero-order valence-corrected chi connectivity index (χ0v) is 13.6. The van der Waals surface area contributed by atoms with Gasteiger partial charge in [-0.3, -0.25) is 0 Å². The third-order valence-corrected chi connectivity index (χ3v) is 4.43. The summed E-state index contributed by atoms with van der Waals surface area (Å²) in [4.78, 5) is 1.21. The first-order valence-corrected chi connectivity index (χ1v) is 8.14. The second kappa shape index (κ2) is 7.89. The highest BCUT2D eigenvalue weighted by Crippen LogP contribution is 2.34. The second-order valence-corrected chi connectivity index (χ2v) is 6.27. The third-order valence-electron chi connectivity index (χ3n) is 2.92. The van der Waals surface area contributed by atoms with Crippen LogP contribution in [0.15, 0.2) is 35.7 Å². The van der Waals surface area contributed by atoms with Crippen molar-refractivity contribution in [3.05, 3.63) is 50.6 Å². The van der Waals surface area contributed by atoms with Crippen LogP contribution in [0.3, 0.4) is 0 Å². The van der Waals surface area contributed by atoms with Crippen LogP contribution in [0, 0.1) is 0 Å². The van der Waals surface area contributed by atoms with Crippen LogP contribution < -0.4 is 10.1 Å². The molecule has 1 heterocycles. The molecule has 2 rings (SSSR count). The highest BCUT2D eigenvalue weighted by atomic mass is 35.5. The standard InChI is InChI=1S/C15H17Cl2NOS/c1-18-8-2-4-13(15-5-3-9-20-15)19-14-10-11(16)6-7-12(14)17/h3,5-7,9-10,13,18H,2,4,8H2,1H3. The molecule has 0 aliphatic rings. The molecular weight excluding hydrogens is 313 g/mol. The van der Waals surface area contributed by atoms with Gasteiger partial charge >= 0.3 is 0 Å². The predicted molar refractivity (Wildman–Crippen MR) is 87.3 cm³/mol. The van der Waals surface area contributed by atoms with E-state index in [1.54, 1.807) is 29.5 Å². The Balaban J connectivity index is 2.12. The van der Waals surface area contributed by atoms with Gasteiger partial charge < -0.3 is 10.1 Å². The van der Waals surface area contributed by atoms with Gasteiger partial charge in [0, 0.05) is 16.0 Å². The lowest BCUT2D eigenvalue weighted by Crippen LogP contribution is -2.12. The quantitative estimate of drug-likeness (QED) is 0.707. The van der Waals surface area contributed by atoms with Crippen LogP contribution >= 0.6 is 34.5 Å². The van der Waals surface area contributed by atoms with Crippen molar-refractivity contribution < 1.29 is 4.74 Å². The highest BCUT2D eigenvalue weighted by Gasteiger charge is 2.16. The van der Waals surface area contributed by atoms with Crippen molar-refractivity contribution in [2.24, 2.45) is 0 Å². The Morgan fingerprint density at radius 3 is 2.85 bits per heavy atom. The average Bonchev–Trinajstić information content (AvgIpc) is 2.96. The first-order chi connectivity index (χ1) is 9.70. The first-order valence-electron chi connectivity index (χ1n) is 6.50. The minimum absolute atomic E-state index is 0.0133. The van der Waals surface area contributed by atoms with Gasteiger partial charge in [-0.1, -0.05) is 29.3 Å². The maximum Gasteiger partial charge on any atom is 0.140 e. The molecule has 1 N–H and O–H groups in total. The topological polar surface area (TPSA) is 21.3 Å². The van der Waals surface area contributed by atoms with Crippen LogP contribution in [0.2, 0.25) is 10.0 Å². The summed E-state index contributed by atoms with van der Waals surface area (Å²) in [5.74, 6) is 0.641. The Kier molecular flexibility index (Phi) is 6.17. The van der Waals surface area contributed by atoms with Gasteiger partial charge in [-0.25, -0.2) is 0 Å². The third kappa shape index (κ3) is 4.38. The largest absolute Gasteiger partial charge is 0.483 e. The van der Waals surface area contributed by atoms with Gasteiger partial charge in [-0.2, -0.15) is 0 Å². The average molecular weight is 330 g/mol. The summed E-state index contributed by atoms with van der Waals surface area (Å²) in [6.45, 7) is 0.967. The normalized spacial score (nSPS) is 12.3. The predicted octanol–water partition coefficient (Wildman–Crippen LogP) is 5.17. The highest BCUT2D eigenvalue weighted by molar-refractivity contribution is 7.10. The van der Waals surface area contributed by atoms with E-state index < -0.39 is 0 Å². The van der Waals surface area contributed by atoms with Crippen LogP contribution in [0.4, 0.5) is 0 Å². The van der Waals surface area contributed by atoms with Crippen LogP contribution in [-0.2, 0) is 0 Å². The first kappa shape index (κ1) is 15.6.